The monoisotopic (exact) mass is 323 g/mol. The van der Waals surface area contributed by atoms with Crippen LogP contribution in [0, 0.1) is 0 Å². The number of rotatable bonds is 5. The lowest BCUT2D eigenvalue weighted by atomic mass is 9.98. The molecule has 0 fully saturated rings. The quantitative estimate of drug-likeness (QED) is 0.727. The van der Waals surface area contributed by atoms with Crippen molar-refractivity contribution >= 4 is 16.7 Å². The van der Waals surface area contributed by atoms with Gasteiger partial charge < -0.3 is 14.4 Å². The van der Waals surface area contributed by atoms with Crippen LogP contribution >= 0.6 is 0 Å². The molecule has 1 N–H and O–H groups in total. The average Bonchev–Trinajstić information content (AvgIpc) is 2.62. The lowest BCUT2D eigenvalue weighted by Crippen LogP contribution is -2.21. The number of aliphatic hydroxyl groups is 1. The van der Waals surface area contributed by atoms with Crippen molar-refractivity contribution in [2.45, 2.75) is 20.0 Å². The third-order valence-electron chi connectivity index (χ3n) is 4.30. The summed E-state index contributed by atoms with van der Waals surface area (Å²) in [7, 11) is 0. The molecule has 1 unspecified atom stereocenters. The van der Waals surface area contributed by atoms with Crippen molar-refractivity contribution in [1.29, 1.82) is 0 Å². The van der Waals surface area contributed by atoms with Gasteiger partial charge in [-0.25, -0.2) is 4.79 Å². The van der Waals surface area contributed by atoms with E-state index < -0.39 is 11.7 Å². The van der Waals surface area contributed by atoms with Crippen molar-refractivity contribution in [2.24, 2.45) is 0 Å². The van der Waals surface area contributed by atoms with Gasteiger partial charge in [0.2, 0.25) is 0 Å². The molecule has 1 heterocycles. The molecule has 2 aromatic carbocycles. The number of hydrogen-bond acceptors (Lipinski definition) is 4. The topological polar surface area (TPSA) is 53.7 Å². The van der Waals surface area contributed by atoms with Gasteiger partial charge in [0.25, 0.3) is 0 Å². The van der Waals surface area contributed by atoms with Crippen LogP contribution in [-0.2, 0) is 0 Å². The summed E-state index contributed by atoms with van der Waals surface area (Å²) in [5, 5.41) is 11.4. The normalized spacial score (nSPS) is 12.3. The van der Waals surface area contributed by atoms with E-state index >= 15 is 0 Å². The van der Waals surface area contributed by atoms with E-state index in [1.165, 1.54) is 6.07 Å². The van der Waals surface area contributed by atoms with E-state index in [4.69, 9.17) is 4.42 Å². The molecule has 3 aromatic rings. The molecule has 0 spiro atoms. The minimum absolute atomic E-state index is 0.454. The Bertz CT molecular complexity index is 882. The molecule has 1 aromatic heterocycles. The van der Waals surface area contributed by atoms with Gasteiger partial charge in [-0.2, -0.15) is 0 Å². The predicted molar refractivity (Wildman–Crippen MR) is 96.5 cm³/mol. The standard InChI is InChI=1S/C20H21NO3/c1-3-21(4-2)15-10-11-16-17(13-19(22)24-18(16)12-15)20(23)14-8-6-5-7-9-14/h5-13,20,23H,3-4H2,1-2H3. The van der Waals surface area contributed by atoms with Crippen molar-refractivity contribution in [2.75, 3.05) is 18.0 Å². The van der Waals surface area contributed by atoms with Gasteiger partial charge in [-0.3, -0.25) is 0 Å². The summed E-state index contributed by atoms with van der Waals surface area (Å²) >= 11 is 0. The first-order chi connectivity index (χ1) is 11.6. The smallest absolute Gasteiger partial charge is 0.336 e. The molecule has 0 saturated carbocycles. The van der Waals surface area contributed by atoms with Gasteiger partial charge in [-0.1, -0.05) is 30.3 Å². The highest BCUT2D eigenvalue weighted by Gasteiger charge is 2.16. The van der Waals surface area contributed by atoms with Gasteiger partial charge in [0.05, 0.1) is 0 Å². The number of fused-ring (bicyclic) bond motifs is 1. The lowest BCUT2D eigenvalue weighted by molar-refractivity contribution is 0.221. The van der Waals surface area contributed by atoms with E-state index in [1.807, 2.05) is 48.5 Å². The van der Waals surface area contributed by atoms with Crippen LogP contribution in [0.3, 0.4) is 0 Å². The Kier molecular flexibility index (Phi) is 4.67. The van der Waals surface area contributed by atoms with Crippen molar-refractivity contribution in [1.82, 2.24) is 0 Å². The van der Waals surface area contributed by atoms with Crippen molar-refractivity contribution in [3.05, 3.63) is 76.1 Å². The lowest BCUT2D eigenvalue weighted by Gasteiger charge is -2.21. The summed E-state index contributed by atoms with van der Waals surface area (Å²) in [6.45, 7) is 5.91. The van der Waals surface area contributed by atoms with Crippen LogP contribution in [0.15, 0.2) is 63.8 Å². The molecule has 0 aliphatic rings. The van der Waals surface area contributed by atoms with Gasteiger partial charge in [-0.15, -0.1) is 0 Å². The zero-order valence-electron chi connectivity index (χ0n) is 13.9. The summed E-state index contributed by atoms with van der Waals surface area (Å²) in [5.41, 5.74) is 2.36. The molecule has 0 radical (unpaired) electrons. The second-order valence-electron chi connectivity index (χ2n) is 5.69. The summed E-state index contributed by atoms with van der Waals surface area (Å²) in [4.78, 5) is 14.1. The fourth-order valence-electron chi connectivity index (χ4n) is 3.00. The maximum atomic E-state index is 12.0. The Balaban J connectivity index is 2.14. The number of benzene rings is 2. The van der Waals surface area contributed by atoms with Crippen molar-refractivity contribution in [3.63, 3.8) is 0 Å². The summed E-state index contributed by atoms with van der Waals surface area (Å²) in [5.74, 6) is 0. The van der Waals surface area contributed by atoms with Crippen LogP contribution in [0.25, 0.3) is 11.0 Å². The fraction of sp³-hybridized carbons (Fsp3) is 0.250. The van der Waals surface area contributed by atoms with Gasteiger partial charge in [0.15, 0.2) is 0 Å². The second-order valence-corrected chi connectivity index (χ2v) is 5.69. The van der Waals surface area contributed by atoms with Crippen LogP contribution in [-0.4, -0.2) is 18.2 Å². The van der Waals surface area contributed by atoms with Crippen LogP contribution < -0.4 is 10.5 Å². The van der Waals surface area contributed by atoms with Crippen LogP contribution in [0.4, 0.5) is 5.69 Å². The first-order valence-corrected chi connectivity index (χ1v) is 8.19. The molecule has 0 aliphatic heterocycles. The molecule has 0 bridgehead atoms. The molecule has 124 valence electrons. The van der Waals surface area contributed by atoms with Gasteiger partial charge >= 0.3 is 5.63 Å². The molecular weight excluding hydrogens is 302 g/mol. The highest BCUT2D eigenvalue weighted by atomic mass is 16.4. The van der Waals surface area contributed by atoms with E-state index in [0.717, 1.165) is 29.7 Å². The van der Waals surface area contributed by atoms with E-state index in [-0.39, 0.29) is 0 Å². The average molecular weight is 323 g/mol. The summed E-state index contributed by atoms with van der Waals surface area (Å²) in [6.07, 6.45) is -0.864. The molecule has 0 amide bonds. The molecule has 4 nitrogen and oxygen atoms in total. The minimum Gasteiger partial charge on any atom is -0.423 e. The molecule has 1 atom stereocenters. The SMILES string of the molecule is CCN(CC)c1ccc2c(C(O)c3ccccc3)cc(=O)oc2c1. The van der Waals surface area contributed by atoms with E-state index in [2.05, 4.69) is 18.7 Å². The summed E-state index contributed by atoms with van der Waals surface area (Å²) in [6, 6.07) is 16.5. The molecule has 24 heavy (non-hydrogen) atoms. The molecular formula is C20H21NO3. The minimum atomic E-state index is -0.864. The maximum Gasteiger partial charge on any atom is 0.336 e. The zero-order valence-corrected chi connectivity index (χ0v) is 13.9. The van der Waals surface area contributed by atoms with Crippen LogP contribution in [0.5, 0.6) is 0 Å². The van der Waals surface area contributed by atoms with Gasteiger partial charge in [-0.05, 0) is 31.5 Å². The van der Waals surface area contributed by atoms with Gasteiger partial charge in [0.1, 0.15) is 11.7 Å². The largest absolute Gasteiger partial charge is 0.423 e. The third-order valence-corrected chi connectivity index (χ3v) is 4.30. The highest BCUT2D eigenvalue weighted by molar-refractivity contribution is 5.84. The molecule has 0 saturated heterocycles. The van der Waals surface area contributed by atoms with Crippen LogP contribution in [0.1, 0.15) is 31.1 Å². The molecule has 4 heteroatoms. The van der Waals surface area contributed by atoms with Crippen LogP contribution in [0.2, 0.25) is 0 Å². The Morgan fingerprint density at radius 1 is 1.04 bits per heavy atom. The first kappa shape index (κ1) is 16.3. The second kappa shape index (κ2) is 6.89. The van der Waals surface area contributed by atoms with E-state index in [1.54, 1.807) is 0 Å². The maximum absolute atomic E-state index is 12.0. The highest BCUT2D eigenvalue weighted by Crippen LogP contribution is 2.30. The Morgan fingerprint density at radius 2 is 1.75 bits per heavy atom. The molecule has 3 rings (SSSR count). The Hall–Kier alpha value is -2.59. The zero-order chi connectivity index (χ0) is 17.1. The predicted octanol–water partition coefficient (Wildman–Crippen LogP) is 3.72. The number of nitrogens with zero attached hydrogens (tertiary/aromatic N) is 1. The fourth-order valence-corrected chi connectivity index (χ4v) is 3.00. The Labute approximate surface area is 141 Å². The van der Waals surface area contributed by atoms with Crippen molar-refractivity contribution in [3.8, 4) is 0 Å². The Morgan fingerprint density at radius 3 is 2.42 bits per heavy atom. The number of aliphatic hydroxyl groups excluding tert-OH is 1. The third kappa shape index (κ3) is 3.05. The van der Waals surface area contributed by atoms with E-state index in [9.17, 15) is 9.90 Å². The number of hydrogen-bond donors (Lipinski definition) is 1. The van der Waals surface area contributed by atoms with Crippen molar-refractivity contribution < 1.29 is 9.52 Å². The number of anilines is 1. The van der Waals surface area contributed by atoms with E-state index in [0.29, 0.717) is 11.1 Å². The molecule has 0 aliphatic carbocycles. The van der Waals surface area contributed by atoms with Gasteiger partial charge in [0, 0.05) is 41.9 Å². The summed E-state index contributed by atoms with van der Waals surface area (Å²) < 4.78 is 5.37. The first-order valence-electron chi connectivity index (χ1n) is 8.19.